The van der Waals surface area contributed by atoms with Crippen LogP contribution in [0.1, 0.15) is 25.7 Å². The lowest BCUT2D eigenvalue weighted by molar-refractivity contribution is -0.119. The van der Waals surface area contributed by atoms with Crippen LogP contribution < -0.4 is 5.32 Å². The molecular weight excluding hydrogens is 482 g/mol. The molecule has 0 bridgehead atoms. The van der Waals surface area contributed by atoms with E-state index >= 15 is 0 Å². The number of carbonyl (C=O) groups is 1. The van der Waals surface area contributed by atoms with Crippen molar-refractivity contribution in [2.75, 3.05) is 5.32 Å². The van der Waals surface area contributed by atoms with Gasteiger partial charge in [-0.15, -0.1) is 0 Å². The Hall–Kier alpha value is -4.37. The quantitative estimate of drug-likeness (QED) is 0.250. The maximum Gasteiger partial charge on any atom is 0.227 e. The Morgan fingerprint density at radius 2 is 1.84 bits per heavy atom. The van der Waals surface area contributed by atoms with Crippen LogP contribution >= 0.6 is 11.3 Å². The molecule has 6 aromatic rings. The summed E-state index contributed by atoms with van der Waals surface area (Å²) in [5.41, 5.74) is 8.03. The lowest BCUT2D eigenvalue weighted by atomic mass is 10.1. The van der Waals surface area contributed by atoms with Gasteiger partial charge in [0.15, 0.2) is 0 Å². The topological polar surface area (TPSA) is 112 Å². The maximum absolute atomic E-state index is 12.6. The molecule has 1 saturated carbocycles. The standard InChI is InChI=1S/C28H23N7OS/c36-28(16-3-1-2-4-16)32-19-7-18(10-29-11-19)23-9-21-26(14-31-23)34-35-27(21)24-8-20-22(17-5-6-37-15-17)12-30-13-25(20)33-24/h5-16,33H,1-4H2,(H,32,36)(H,34,35). The number of nitrogens with zero attached hydrogens (tertiary/aromatic N) is 4. The van der Waals surface area contributed by atoms with Gasteiger partial charge in [-0.1, -0.05) is 12.8 Å². The molecule has 1 fully saturated rings. The molecule has 0 aliphatic heterocycles. The predicted octanol–water partition coefficient (Wildman–Crippen LogP) is 6.42. The van der Waals surface area contributed by atoms with Crippen molar-refractivity contribution in [3.05, 3.63) is 66.0 Å². The molecule has 0 saturated heterocycles. The zero-order valence-corrected chi connectivity index (χ0v) is 20.7. The molecule has 182 valence electrons. The van der Waals surface area contributed by atoms with Gasteiger partial charge < -0.3 is 10.3 Å². The number of hydrogen-bond donors (Lipinski definition) is 3. The van der Waals surface area contributed by atoms with Crippen LogP contribution in [0, 0.1) is 5.92 Å². The third-order valence-corrected chi connectivity index (χ3v) is 7.79. The molecule has 1 aliphatic carbocycles. The molecule has 6 aromatic heterocycles. The van der Waals surface area contributed by atoms with E-state index in [2.05, 4.69) is 58.3 Å². The first-order chi connectivity index (χ1) is 18.2. The third-order valence-electron chi connectivity index (χ3n) is 7.11. The second-order valence-electron chi connectivity index (χ2n) is 9.46. The summed E-state index contributed by atoms with van der Waals surface area (Å²) in [4.78, 5) is 29.5. The van der Waals surface area contributed by atoms with Crippen LogP contribution in [0.25, 0.3) is 55.6 Å². The van der Waals surface area contributed by atoms with Crippen molar-refractivity contribution < 1.29 is 4.79 Å². The first-order valence-electron chi connectivity index (χ1n) is 12.3. The highest BCUT2D eigenvalue weighted by atomic mass is 32.1. The SMILES string of the molecule is O=C(Nc1cncc(-c2cc3c(-c4cc5c(-c6ccsc6)cncc5[nH]4)n[nH]c3cn2)c1)C1CCCC1. The second kappa shape index (κ2) is 8.94. The predicted molar refractivity (Wildman–Crippen MR) is 146 cm³/mol. The highest BCUT2D eigenvalue weighted by Gasteiger charge is 2.23. The van der Waals surface area contributed by atoms with Crippen LogP contribution in [0.15, 0.2) is 66.0 Å². The second-order valence-corrected chi connectivity index (χ2v) is 10.2. The van der Waals surface area contributed by atoms with Gasteiger partial charge in [-0.2, -0.15) is 16.4 Å². The molecule has 0 radical (unpaired) electrons. The van der Waals surface area contributed by atoms with Crippen LogP contribution in [0.4, 0.5) is 5.69 Å². The van der Waals surface area contributed by atoms with Crippen molar-refractivity contribution in [3.8, 4) is 33.8 Å². The average Bonchev–Trinajstić information content (AvgIpc) is 3.74. The van der Waals surface area contributed by atoms with Gasteiger partial charge >= 0.3 is 0 Å². The van der Waals surface area contributed by atoms with Crippen molar-refractivity contribution in [1.29, 1.82) is 0 Å². The van der Waals surface area contributed by atoms with Crippen molar-refractivity contribution in [2.24, 2.45) is 5.92 Å². The van der Waals surface area contributed by atoms with Crippen LogP contribution in [-0.2, 0) is 4.79 Å². The first-order valence-corrected chi connectivity index (χ1v) is 13.3. The van der Waals surface area contributed by atoms with Gasteiger partial charge in [0.05, 0.1) is 46.7 Å². The number of H-pyrrole nitrogens is 2. The maximum atomic E-state index is 12.6. The molecule has 8 nitrogen and oxygen atoms in total. The van der Waals surface area contributed by atoms with Gasteiger partial charge in [0.25, 0.3) is 0 Å². The monoisotopic (exact) mass is 505 g/mol. The summed E-state index contributed by atoms with van der Waals surface area (Å²) >= 11 is 1.67. The van der Waals surface area contributed by atoms with Gasteiger partial charge in [0, 0.05) is 40.2 Å². The molecule has 0 unspecified atom stereocenters. The Balaban J connectivity index is 1.25. The summed E-state index contributed by atoms with van der Waals surface area (Å²) < 4.78 is 0. The Kier molecular flexibility index (Phi) is 5.28. The Labute approximate surface area is 216 Å². The Morgan fingerprint density at radius 3 is 2.70 bits per heavy atom. The van der Waals surface area contributed by atoms with Crippen LogP contribution in [-0.4, -0.2) is 36.0 Å². The van der Waals surface area contributed by atoms with E-state index in [1.165, 1.54) is 0 Å². The summed E-state index contributed by atoms with van der Waals surface area (Å²) in [6, 6.07) is 8.17. The summed E-state index contributed by atoms with van der Waals surface area (Å²) in [5, 5.41) is 17.0. The Bertz CT molecular complexity index is 1750. The van der Waals surface area contributed by atoms with E-state index in [1.54, 1.807) is 29.9 Å². The molecule has 0 aromatic carbocycles. The number of nitrogens with one attached hydrogen (secondary N) is 3. The van der Waals surface area contributed by atoms with Crippen molar-refractivity contribution in [3.63, 3.8) is 0 Å². The van der Waals surface area contributed by atoms with Gasteiger partial charge in [0.1, 0.15) is 5.69 Å². The smallest absolute Gasteiger partial charge is 0.227 e. The molecule has 0 spiro atoms. The van der Waals surface area contributed by atoms with Crippen LogP contribution in [0.5, 0.6) is 0 Å². The van der Waals surface area contributed by atoms with Crippen LogP contribution in [0.3, 0.4) is 0 Å². The number of anilines is 1. The summed E-state index contributed by atoms with van der Waals surface area (Å²) in [7, 11) is 0. The number of fused-ring (bicyclic) bond motifs is 2. The van der Waals surface area contributed by atoms with E-state index in [1.807, 2.05) is 24.5 Å². The average molecular weight is 506 g/mol. The number of amides is 1. The summed E-state index contributed by atoms with van der Waals surface area (Å²) in [6.45, 7) is 0. The minimum absolute atomic E-state index is 0.0760. The van der Waals surface area contributed by atoms with Crippen LogP contribution in [0.2, 0.25) is 0 Å². The molecule has 1 amide bonds. The van der Waals surface area contributed by atoms with E-state index in [9.17, 15) is 4.79 Å². The van der Waals surface area contributed by atoms with Gasteiger partial charge in [0.2, 0.25) is 5.91 Å². The number of aromatic amines is 2. The first kappa shape index (κ1) is 21.9. The molecular formula is C28H23N7OS. The number of hydrogen-bond acceptors (Lipinski definition) is 6. The molecule has 3 N–H and O–H groups in total. The minimum atomic E-state index is 0.0760. The molecule has 7 rings (SSSR count). The number of pyridine rings is 3. The van der Waals surface area contributed by atoms with Gasteiger partial charge in [-0.25, -0.2) is 0 Å². The summed E-state index contributed by atoms with van der Waals surface area (Å²) in [5.74, 6) is 0.172. The molecule has 0 atom stereocenters. The highest BCUT2D eigenvalue weighted by molar-refractivity contribution is 7.08. The summed E-state index contributed by atoms with van der Waals surface area (Å²) in [6.07, 6.45) is 13.1. The lowest BCUT2D eigenvalue weighted by Gasteiger charge is -2.11. The van der Waals surface area contributed by atoms with Crippen molar-refractivity contribution in [1.82, 2.24) is 30.1 Å². The molecule has 37 heavy (non-hydrogen) atoms. The molecule has 9 heteroatoms. The van der Waals surface area contributed by atoms with Crippen molar-refractivity contribution in [2.45, 2.75) is 25.7 Å². The van der Waals surface area contributed by atoms with Gasteiger partial charge in [-0.3, -0.25) is 24.8 Å². The number of thiophene rings is 1. The third kappa shape index (κ3) is 3.97. The zero-order chi connectivity index (χ0) is 24.8. The fraction of sp³-hybridized carbons (Fsp3) is 0.179. The highest BCUT2D eigenvalue weighted by Crippen LogP contribution is 2.35. The number of rotatable bonds is 5. The van der Waals surface area contributed by atoms with E-state index in [-0.39, 0.29) is 11.8 Å². The zero-order valence-electron chi connectivity index (χ0n) is 19.9. The fourth-order valence-corrected chi connectivity index (χ4v) is 5.84. The molecule has 1 aliphatic rings. The van der Waals surface area contributed by atoms with E-state index in [0.29, 0.717) is 5.69 Å². The molecule has 6 heterocycles. The normalized spacial score (nSPS) is 14.1. The van der Waals surface area contributed by atoms with E-state index in [4.69, 9.17) is 0 Å². The number of carbonyl (C=O) groups excluding carboxylic acids is 1. The fourth-order valence-electron chi connectivity index (χ4n) is 5.19. The Morgan fingerprint density at radius 1 is 0.946 bits per heavy atom. The number of aromatic nitrogens is 6. The van der Waals surface area contributed by atoms with E-state index < -0.39 is 0 Å². The minimum Gasteiger partial charge on any atom is -0.352 e. The van der Waals surface area contributed by atoms with E-state index in [0.717, 1.165) is 81.3 Å². The van der Waals surface area contributed by atoms with Gasteiger partial charge in [-0.05, 0) is 53.4 Å². The van der Waals surface area contributed by atoms with Crippen molar-refractivity contribution >= 4 is 44.7 Å². The largest absolute Gasteiger partial charge is 0.352 e. The lowest BCUT2D eigenvalue weighted by Crippen LogP contribution is -2.20.